The van der Waals surface area contributed by atoms with Crippen molar-refractivity contribution in [2.45, 2.75) is 0 Å². The molecular weight excluding hydrogens is 337 g/mol. The molecule has 1 aliphatic rings. The number of aromatic amines is 1. The van der Waals surface area contributed by atoms with Gasteiger partial charge in [-0.15, -0.1) is 0 Å². The first-order chi connectivity index (χ1) is 11.5. The Morgan fingerprint density at radius 2 is 1.92 bits per heavy atom. The average molecular weight is 354 g/mol. The molecule has 128 valence electrons. The van der Waals surface area contributed by atoms with Crippen molar-refractivity contribution < 1.29 is 18.7 Å². The van der Waals surface area contributed by atoms with E-state index in [1.165, 1.54) is 13.2 Å². The Morgan fingerprint density at radius 1 is 1.25 bits per heavy atom. The Hall–Kier alpha value is -2.12. The fraction of sp³-hybridized carbons (Fsp3) is 0.375. The van der Waals surface area contributed by atoms with E-state index in [-0.39, 0.29) is 23.4 Å². The van der Waals surface area contributed by atoms with E-state index in [1.54, 1.807) is 21.9 Å². The number of H-pyrrole nitrogens is 1. The van der Waals surface area contributed by atoms with E-state index in [2.05, 4.69) is 4.98 Å². The van der Waals surface area contributed by atoms with Crippen molar-refractivity contribution in [2.24, 2.45) is 0 Å². The van der Waals surface area contributed by atoms with Crippen LogP contribution in [0.25, 0.3) is 10.9 Å². The number of benzene rings is 1. The average Bonchev–Trinajstić information content (AvgIpc) is 3.03. The molecule has 8 heteroatoms. The minimum Gasteiger partial charge on any atom is -0.375 e. The lowest BCUT2D eigenvalue weighted by molar-refractivity contribution is -0.136. The van der Waals surface area contributed by atoms with Crippen LogP contribution in [0.4, 0.5) is 4.39 Å². The van der Waals surface area contributed by atoms with Gasteiger partial charge in [0.25, 0.3) is 5.91 Å². The summed E-state index contributed by atoms with van der Waals surface area (Å²) < 4.78 is 18.3. The molecule has 0 bridgehead atoms. The summed E-state index contributed by atoms with van der Waals surface area (Å²) >= 11 is 5.94. The van der Waals surface area contributed by atoms with E-state index in [1.807, 2.05) is 0 Å². The number of hydrogen-bond donors (Lipinski definition) is 1. The van der Waals surface area contributed by atoms with Gasteiger partial charge in [0.05, 0.1) is 5.02 Å². The Balaban J connectivity index is 1.72. The molecule has 1 saturated heterocycles. The highest BCUT2D eigenvalue weighted by atomic mass is 35.5. The Kier molecular flexibility index (Phi) is 4.73. The van der Waals surface area contributed by atoms with E-state index in [4.69, 9.17) is 16.3 Å². The first-order valence-corrected chi connectivity index (χ1v) is 7.91. The lowest BCUT2D eigenvalue weighted by Crippen LogP contribution is -2.51. The number of aromatic nitrogens is 1. The minimum absolute atomic E-state index is 0.00205. The number of amides is 2. The molecule has 24 heavy (non-hydrogen) atoms. The number of fused-ring (bicyclic) bond motifs is 1. The fourth-order valence-corrected chi connectivity index (χ4v) is 3.02. The summed E-state index contributed by atoms with van der Waals surface area (Å²) in [5, 5.41) is 0.478. The van der Waals surface area contributed by atoms with E-state index in [9.17, 15) is 14.0 Å². The number of methoxy groups -OCH3 is 1. The van der Waals surface area contributed by atoms with Crippen LogP contribution >= 0.6 is 11.6 Å². The van der Waals surface area contributed by atoms with Gasteiger partial charge < -0.3 is 19.5 Å². The molecule has 3 rings (SSSR count). The molecule has 0 atom stereocenters. The summed E-state index contributed by atoms with van der Waals surface area (Å²) in [6.07, 6.45) is 0. The summed E-state index contributed by atoms with van der Waals surface area (Å²) in [6, 6.07) is 4.37. The van der Waals surface area contributed by atoms with Crippen molar-refractivity contribution in [3.05, 3.63) is 34.7 Å². The molecule has 0 unspecified atom stereocenters. The van der Waals surface area contributed by atoms with Gasteiger partial charge in [0.2, 0.25) is 5.91 Å². The van der Waals surface area contributed by atoms with Gasteiger partial charge in [-0.05, 0) is 18.2 Å². The number of carbonyl (C=O) groups excluding carboxylic acids is 2. The van der Waals surface area contributed by atoms with Gasteiger partial charge in [-0.2, -0.15) is 0 Å². The number of rotatable bonds is 3. The van der Waals surface area contributed by atoms with Crippen molar-refractivity contribution in [1.82, 2.24) is 14.8 Å². The van der Waals surface area contributed by atoms with Crippen LogP contribution in [0.1, 0.15) is 10.5 Å². The van der Waals surface area contributed by atoms with Gasteiger partial charge in [0.1, 0.15) is 18.1 Å². The maximum absolute atomic E-state index is 13.5. The van der Waals surface area contributed by atoms with E-state index < -0.39 is 5.82 Å². The summed E-state index contributed by atoms with van der Waals surface area (Å²) in [7, 11) is 1.47. The maximum Gasteiger partial charge on any atom is 0.270 e. The molecule has 0 spiro atoms. The third kappa shape index (κ3) is 3.09. The van der Waals surface area contributed by atoms with Crippen molar-refractivity contribution in [1.29, 1.82) is 0 Å². The Labute approximate surface area is 143 Å². The highest BCUT2D eigenvalue weighted by Gasteiger charge is 2.25. The molecular formula is C16H17ClFN3O3. The SMILES string of the molecule is COCC(=O)N1CCN(C(=O)c2cc3c(Cl)c(F)ccc3[nH]2)CC1. The second-order valence-electron chi connectivity index (χ2n) is 5.61. The molecule has 1 N–H and O–H groups in total. The summed E-state index contributed by atoms with van der Waals surface area (Å²) in [4.78, 5) is 30.7. The fourth-order valence-electron chi connectivity index (χ4n) is 2.80. The predicted molar refractivity (Wildman–Crippen MR) is 87.6 cm³/mol. The van der Waals surface area contributed by atoms with Gasteiger partial charge in [-0.1, -0.05) is 11.6 Å². The highest BCUT2D eigenvalue weighted by molar-refractivity contribution is 6.35. The molecule has 0 saturated carbocycles. The van der Waals surface area contributed by atoms with Crippen LogP contribution in [0, 0.1) is 5.82 Å². The molecule has 6 nitrogen and oxygen atoms in total. The zero-order valence-electron chi connectivity index (χ0n) is 13.1. The van der Waals surface area contributed by atoms with Crippen LogP contribution < -0.4 is 0 Å². The molecule has 1 aromatic heterocycles. The Morgan fingerprint density at radius 3 is 2.58 bits per heavy atom. The van der Waals surface area contributed by atoms with Crippen molar-refractivity contribution in [3.8, 4) is 0 Å². The van der Waals surface area contributed by atoms with Gasteiger partial charge >= 0.3 is 0 Å². The van der Waals surface area contributed by atoms with Crippen molar-refractivity contribution >= 4 is 34.3 Å². The number of carbonyl (C=O) groups is 2. The van der Waals surface area contributed by atoms with Crippen LogP contribution in [-0.4, -0.2) is 66.5 Å². The molecule has 1 aliphatic heterocycles. The van der Waals surface area contributed by atoms with Crippen LogP contribution in [0.5, 0.6) is 0 Å². The Bertz CT molecular complexity index is 784. The number of nitrogens with zero attached hydrogens (tertiary/aromatic N) is 2. The molecule has 0 aliphatic carbocycles. The topological polar surface area (TPSA) is 65.6 Å². The molecule has 2 aromatic rings. The summed E-state index contributed by atoms with van der Waals surface area (Å²) in [5.74, 6) is -0.800. The number of nitrogens with one attached hydrogen (secondary N) is 1. The first kappa shape index (κ1) is 16.7. The second kappa shape index (κ2) is 6.78. The lowest BCUT2D eigenvalue weighted by Gasteiger charge is -2.34. The standard InChI is InChI=1S/C16H17ClFN3O3/c1-24-9-14(22)20-4-6-21(7-5-20)16(23)13-8-10-12(19-13)3-2-11(18)15(10)17/h2-3,8,19H,4-7,9H2,1H3. The van der Waals surface area contributed by atoms with Gasteiger partial charge in [0, 0.05) is 44.2 Å². The number of piperazine rings is 1. The molecule has 1 fully saturated rings. The summed E-state index contributed by atoms with van der Waals surface area (Å²) in [5.41, 5.74) is 0.966. The van der Waals surface area contributed by atoms with E-state index in [0.29, 0.717) is 42.8 Å². The number of hydrogen-bond acceptors (Lipinski definition) is 3. The number of ether oxygens (including phenoxy) is 1. The van der Waals surface area contributed by atoms with Crippen molar-refractivity contribution in [2.75, 3.05) is 39.9 Å². The van der Waals surface area contributed by atoms with Gasteiger partial charge in [-0.25, -0.2) is 4.39 Å². The van der Waals surface area contributed by atoms with Crippen molar-refractivity contribution in [3.63, 3.8) is 0 Å². The highest BCUT2D eigenvalue weighted by Crippen LogP contribution is 2.27. The zero-order valence-corrected chi connectivity index (χ0v) is 13.9. The van der Waals surface area contributed by atoms with Crippen LogP contribution in [-0.2, 0) is 9.53 Å². The summed E-state index contributed by atoms with van der Waals surface area (Å²) in [6.45, 7) is 1.84. The normalized spacial score (nSPS) is 15.1. The van der Waals surface area contributed by atoms with Crippen LogP contribution in [0.15, 0.2) is 18.2 Å². The van der Waals surface area contributed by atoms with E-state index >= 15 is 0 Å². The molecule has 2 amide bonds. The second-order valence-corrected chi connectivity index (χ2v) is 5.99. The quantitative estimate of drug-likeness (QED) is 0.916. The molecule has 0 radical (unpaired) electrons. The predicted octanol–water partition coefficient (Wildman–Crippen LogP) is 1.89. The molecule has 1 aromatic carbocycles. The van der Waals surface area contributed by atoms with Gasteiger partial charge in [0.15, 0.2) is 0 Å². The third-order valence-corrected chi connectivity index (χ3v) is 4.49. The molecule has 2 heterocycles. The maximum atomic E-state index is 13.5. The number of halogens is 2. The smallest absolute Gasteiger partial charge is 0.270 e. The monoisotopic (exact) mass is 353 g/mol. The van der Waals surface area contributed by atoms with Crippen LogP contribution in [0.2, 0.25) is 5.02 Å². The minimum atomic E-state index is -0.521. The van der Waals surface area contributed by atoms with E-state index in [0.717, 1.165) is 0 Å². The van der Waals surface area contributed by atoms with Gasteiger partial charge in [-0.3, -0.25) is 9.59 Å². The zero-order chi connectivity index (χ0) is 17.3. The largest absolute Gasteiger partial charge is 0.375 e. The lowest BCUT2D eigenvalue weighted by atomic mass is 10.2. The first-order valence-electron chi connectivity index (χ1n) is 7.54. The van der Waals surface area contributed by atoms with Crippen LogP contribution in [0.3, 0.4) is 0 Å². The third-order valence-electron chi connectivity index (χ3n) is 4.11.